The number of aromatic nitrogens is 2. The van der Waals surface area contributed by atoms with Crippen molar-refractivity contribution < 1.29 is 0 Å². The standard InChI is InChI=1S/C21H16N4O/c26-20-18-13-7-8-14-19(18)25(17-11-5-2-6-12-17)21(23-20)24-22-15-16-9-3-1-4-10-16/h1-15H,(H,23,24,26)/b22-15-. The van der Waals surface area contributed by atoms with Gasteiger partial charge in [0.2, 0.25) is 5.95 Å². The molecular weight excluding hydrogens is 324 g/mol. The van der Waals surface area contributed by atoms with Crippen LogP contribution in [0.2, 0.25) is 0 Å². The number of nitrogens with zero attached hydrogens (tertiary/aromatic N) is 3. The molecule has 0 atom stereocenters. The number of benzene rings is 3. The first kappa shape index (κ1) is 15.8. The van der Waals surface area contributed by atoms with Crippen molar-refractivity contribution >= 4 is 23.1 Å². The van der Waals surface area contributed by atoms with Gasteiger partial charge in [-0.05, 0) is 29.8 Å². The number of anilines is 1. The van der Waals surface area contributed by atoms with Crippen molar-refractivity contribution in [2.24, 2.45) is 5.10 Å². The van der Waals surface area contributed by atoms with Gasteiger partial charge in [0.1, 0.15) is 0 Å². The fourth-order valence-electron chi connectivity index (χ4n) is 2.79. The smallest absolute Gasteiger partial charge is 0.279 e. The Hall–Kier alpha value is -3.73. The number of nitrogens with one attached hydrogen (secondary N) is 1. The van der Waals surface area contributed by atoms with E-state index in [-0.39, 0.29) is 5.56 Å². The van der Waals surface area contributed by atoms with Crippen LogP contribution in [0.1, 0.15) is 5.56 Å². The monoisotopic (exact) mass is 340 g/mol. The van der Waals surface area contributed by atoms with E-state index in [1.807, 2.05) is 83.4 Å². The molecule has 126 valence electrons. The maximum atomic E-state index is 12.4. The van der Waals surface area contributed by atoms with E-state index in [1.165, 1.54) is 0 Å². The van der Waals surface area contributed by atoms with Crippen LogP contribution in [0.5, 0.6) is 0 Å². The Kier molecular flexibility index (Phi) is 4.26. The molecule has 26 heavy (non-hydrogen) atoms. The number of fused-ring (bicyclic) bond motifs is 1. The van der Waals surface area contributed by atoms with Crippen LogP contribution in [0, 0.1) is 0 Å². The second-order valence-electron chi connectivity index (χ2n) is 5.71. The highest BCUT2D eigenvalue weighted by Crippen LogP contribution is 2.20. The van der Waals surface area contributed by atoms with Crippen molar-refractivity contribution in [1.82, 2.24) is 9.55 Å². The minimum absolute atomic E-state index is 0.287. The van der Waals surface area contributed by atoms with Crippen molar-refractivity contribution in [2.45, 2.75) is 0 Å². The van der Waals surface area contributed by atoms with E-state index in [0.29, 0.717) is 11.3 Å². The van der Waals surface area contributed by atoms with Gasteiger partial charge in [-0.25, -0.2) is 5.43 Å². The summed E-state index contributed by atoms with van der Waals surface area (Å²) in [5.74, 6) is 0.368. The Morgan fingerprint density at radius 3 is 2.27 bits per heavy atom. The highest BCUT2D eigenvalue weighted by Gasteiger charge is 2.11. The van der Waals surface area contributed by atoms with Gasteiger partial charge >= 0.3 is 0 Å². The van der Waals surface area contributed by atoms with E-state index in [9.17, 15) is 4.79 Å². The second kappa shape index (κ2) is 7.03. The van der Waals surface area contributed by atoms with E-state index in [1.54, 1.807) is 12.3 Å². The van der Waals surface area contributed by atoms with Gasteiger partial charge in [0, 0.05) is 5.69 Å². The molecule has 5 heteroatoms. The third-order valence-electron chi connectivity index (χ3n) is 3.99. The third kappa shape index (κ3) is 3.10. The van der Waals surface area contributed by atoms with Gasteiger partial charge in [0.05, 0.1) is 17.1 Å². The van der Waals surface area contributed by atoms with E-state index in [4.69, 9.17) is 0 Å². The summed E-state index contributed by atoms with van der Waals surface area (Å²) >= 11 is 0. The summed E-state index contributed by atoms with van der Waals surface area (Å²) < 4.78 is 1.89. The Morgan fingerprint density at radius 2 is 1.50 bits per heavy atom. The minimum atomic E-state index is -0.287. The van der Waals surface area contributed by atoms with Crippen molar-refractivity contribution in [2.75, 3.05) is 5.43 Å². The van der Waals surface area contributed by atoms with Crippen molar-refractivity contribution in [3.63, 3.8) is 0 Å². The summed E-state index contributed by atoms with van der Waals surface area (Å²) in [6, 6.07) is 26.9. The Balaban J connectivity index is 1.83. The largest absolute Gasteiger partial charge is 0.282 e. The van der Waals surface area contributed by atoms with Gasteiger partial charge < -0.3 is 0 Å². The molecule has 1 heterocycles. The van der Waals surface area contributed by atoms with Crippen LogP contribution in [-0.2, 0) is 0 Å². The van der Waals surface area contributed by atoms with Crippen LogP contribution in [0.3, 0.4) is 0 Å². The number of hydrogen-bond acceptors (Lipinski definition) is 4. The highest BCUT2D eigenvalue weighted by atomic mass is 16.1. The molecule has 1 N–H and O–H groups in total. The summed E-state index contributed by atoms with van der Waals surface area (Å²) in [5.41, 5.74) is 5.25. The van der Waals surface area contributed by atoms with E-state index >= 15 is 0 Å². The lowest BCUT2D eigenvalue weighted by molar-refractivity contribution is 1.00. The maximum absolute atomic E-state index is 12.4. The average molecular weight is 340 g/mol. The van der Waals surface area contributed by atoms with E-state index in [2.05, 4.69) is 15.5 Å². The van der Waals surface area contributed by atoms with Crippen LogP contribution < -0.4 is 11.0 Å². The number of rotatable bonds is 4. The summed E-state index contributed by atoms with van der Waals surface area (Å²) in [6.07, 6.45) is 1.69. The van der Waals surface area contributed by atoms with Crippen LogP contribution >= 0.6 is 0 Å². The van der Waals surface area contributed by atoms with Gasteiger partial charge in [0.15, 0.2) is 0 Å². The fourth-order valence-corrected chi connectivity index (χ4v) is 2.79. The van der Waals surface area contributed by atoms with E-state index < -0.39 is 0 Å². The summed E-state index contributed by atoms with van der Waals surface area (Å²) in [5, 5.41) is 4.81. The quantitative estimate of drug-likeness (QED) is 0.454. The van der Waals surface area contributed by atoms with Crippen LogP contribution in [0.4, 0.5) is 5.95 Å². The molecule has 0 saturated carbocycles. The summed E-state index contributed by atoms with van der Waals surface area (Å²) in [7, 11) is 0. The lowest BCUT2D eigenvalue weighted by Crippen LogP contribution is -2.16. The molecule has 0 aliphatic heterocycles. The van der Waals surface area contributed by atoms with Gasteiger partial charge in [-0.3, -0.25) is 9.36 Å². The Bertz CT molecular complexity index is 1120. The molecule has 5 nitrogen and oxygen atoms in total. The van der Waals surface area contributed by atoms with Crippen LogP contribution in [0.25, 0.3) is 16.6 Å². The normalized spacial score (nSPS) is 11.1. The molecule has 3 aromatic carbocycles. The zero-order valence-corrected chi connectivity index (χ0v) is 13.9. The van der Waals surface area contributed by atoms with Gasteiger partial charge in [-0.1, -0.05) is 60.7 Å². The van der Waals surface area contributed by atoms with Crippen molar-refractivity contribution in [3.8, 4) is 5.69 Å². The highest BCUT2D eigenvalue weighted by molar-refractivity contribution is 5.82. The van der Waals surface area contributed by atoms with Crippen LogP contribution in [0.15, 0.2) is 94.8 Å². The summed E-state index contributed by atoms with van der Waals surface area (Å²) in [4.78, 5) is 16.6. The predicted octanol–water partition coefficient (Wildman–Crippen LogP) is 3.83. The molecule has 0 fully saturated rings. The van der Waals surface area contributed by atoms with Crippen molar-refractivity contribution in [1.29, 1.82) is 0 Å². The molecule has 0 unspecified atom stereocenters. The average Bonchev–Trinajstić information content (AvgIpc) is 2.70. The minimum Gasteiger partial charge on any atom is -0.279 e. The molecule has 0 radical (unpaired) electrons. The van der Waals surface area contributed by atoms with Crippen LogP contribution in [-0.4, -0.2) is 15.8 Å². The van der Waals surface area contributed by atoms with E-state index in [0.717, 1.165) is 16.8 Å². The fraction of sp³-hybridized carbons (Fsp3) is 0. The first-order chi connectivity index (χ1) is 12.8. The topological polar surface area (TPSA) is 59.3 Å². The molecule has 4 rings (SSSR count). The molecule has 0 spiro atoms. The van der Waals surface area contributed by atoms with Gasteiger partial charge in [-0.15, -0.1) is 0 Å². The molecule has 0 aliphatic rings. The number of hydrazone groups is 1. The van der Waals surface area contributed by atoms with Gasteiger partial charge in [0.25, 0.3) is 5.56 Å². The third-order valence-corrected chi connectivity index (χ3v) is 3.99. The SMILES string of the molecule is O=c1nc(N/N=C\c2ccccc2)n(-c2ccccc2)c2ccccc12. The molecule has 0 bridgehead atoms. The lowest BCUT2D eigenvalue weighted by atomic mass is 10.2. The Morgan fingerprint density at radius 1 is 0.846 bits per heavy atom. The number of hydrogen-bond donors (Lipinski definition) is 1. The molecule has 0 amide bonds. The first-order valence-electron chi connectivity index (χ1n) is 8.24. The molecule has 1 aromatic heterocycles. The molecule has 4 aromatic rings. The second-order valence-corrected chi connectivity index (χ2v) is 5.71. The first-order valence-corrected chi connectivity index (χ1v) is 8.24. The summed E-state index contributed by atoms with van der Waals surface area (Å²) in [6.45, 7) is 0. The zero-order valence-electron chi connectivity index (χ0n) is 13.9. The number of para-hydroxylation sites is 2. The maximum Gasteiger partial charge on any atom is 0.282 e. The van der Waals surface area contributed by atoms with Crippen molar-refractivity contribution in [3.05, 3.63) is 101 Å². The Labute approximate surface area is 150 Å². The van der Waals surface area contributed by atoms with Gasteiger partial charge in [-0.2, -0.15) is 10.1 Å². The molecular formula is C21H16N4O. The molecule has 0 saturated heterocycles. The zero-order chi connectivity index (χ0) is 17.8. The predicted molar refractivity (Wildman–Crippen MR) is 105 cm³/mol. The molecule has 0 aliphatic carbocycles. The lowest BCUT2D eigenvalue weighted by Gasteiger charge is -2.15.